The summed E-state index contributed by atoms with van der Waals surface area (Å²) < 4.78 is 2.01. The lowest BCUT2D eigenvalue weighted by Crippen LogP contribution is -2.13. The minimum Gasteiger partial charge on any atom is -0.296 e. The van der Waals surface area contributed by atoms with Crippen molar-refractivity contribution in [3.05, 3.63) is 32.2 Å². The van der Waals surface area contributed by atoms with E-state index in [2.05, 4.69) is 26.0 Å². The van der Waals surface area contributed by atoms with Gasteiger partial charge >= 0.3 is 0 Å². The van der Waals surface area contributed by atoms with E-state index in [0.717, 1.165) is 0 Å². The first-order valence-corrected chi connectivity index (χ1v) is 4.28. The summed E-state index contributed by atoms with van der Waals surface area (Å²) in [6.07, 6.45) is 1.63. The topological polar surface area (TPSA) is 50.2 Å². The maximum absolute atomic E-state index is 11.2. The standard InChI is InChI=1S/C6H3BrClN3O/c7-3-2-9-11-5(12)1-4(8)10-6(3)11/h1-2,9H. The monoisotopic (exact) mass is 247 g/mol. The van der Waals surface area contributed by atoms with Crippen LogP contribution in [-0.2, 0) is 0 Å². The van der Waals surface area contributed by atoms with Gasteiger partial charge in [0.1, 0.15) is 5.15 Å². The van der Waals surface area contributed by atoms with Crippen molar-refractivity contribution in [2.24, 2.45) is 0 Å². The molecule has 0 aliphatic heterocycles. The number of hydrogen-bond acceptors (Lipinski definition) is 2. The fourth-order valence-electron chi connectivity index (χ4n) is 0.925. The molecule has 0 bridgehead atoms. The molecule has 12 heavy (non-hydrogen) atoms. The number of rotatable bonds is 0. The molecule has 0 saturated carbocycles. The highest BCUT2D eigenvalue weighted by atomic mass is 79.9. The number of nitrogens with one attached hydrogen (secondary N) is 1. The number of aromatic nitrogens is 3. The van der Waals surface area contributed by atoms with E-state index in [9.17, 15) is 4.79 Å². The van der Waals surface area contributed by atoms with Crippen LogP contribution < -0.4 is 5.56 Å². The number of fused-ring (bicyclic) bond motifs is 1. The Morgan fingerprint density at radius 1 is 1.67 bits per heavy atom. The highest BCUT2D eigenvalue weighted by Crippen LogP contribution is 2.14. The number of hydrogen-bond donors (Lipinski definition) is 1. The molecule has 0 fully saturated rings. The molecule has 0 amide bonds. The van der Waals surface area contributed by atoms with Crippen LogP contribution in [0.25, 0.3) is 5.65 Å². The van der Waals surface area contributed by atoms with Gasteiger partial charge < -0.3 is 0 Å². The maximum Gasteiger partial charge on any atom is 0.274 e. The van der Waals surface area contributed by atoms with Gasteiger partial charge in [-0.15, -0.1) is 0 Å². The van der Waals surface area contributed by atoms with Gasteiger partial charge in [0.15, 0.2) is 5.65 Å². The van der Waals surface area contributed by atoms with Gasteiger partial charge in [-0.25, -0.2) is 9.50 Å². The van der Waals surface area contributed by atoms with Crippen LogP contribution >= 0.6 is 27.5 Å². The summed E-state index contributed by atoms with van der Waals surface area (Å²) in [5.74, 6) is 0. The molecule has 0 atom stereocenters. The van der Waals surface area contributed by atoms with Crippen molar-refractivity contribution < 1.29 is 0 Å². The third-order valence-corrected chi connectivity index (χ3v) is 2.20. The van der Waals surface area contributed by atoms with E-state index in [1.165, 1.54) is 10.6 Å². The summed E-state index contributed by atoms with van der Waals surface area (Å²) >= 11 is 8.82. The summed E-state index contributed by atoms with van der Waals surface area (Å²) in [6.45, 7) is 0. The average Bonchev–Trinajstić information content (AvgIpc) is 2.33. The molecule has 0 saturated heterocycles. The quantitative estimate of drug-likeness (QED) is 0.717. The molecule has 0 aliphatic rings. The van der Waals surface area contributed by atoms with Crippen LogP contribution in [0.5, 0.6) is 0 Å². The molecule has 2 heterocycles. The zero-order chi connectivity index (χ0) is 8.72. The lowest BCUT2D eigenvalue weighted by molar-refractivity contribution is 0.899. The van der Waals surface area contributed by atoms with Crippen LogP contribution in [0.4, 0.5) is 0 Å². The Morgan fingerprint density at radius 2 is 2.42 bits per heavy atom. The van der Waals surface area contributed by atoms with E-state index in [-0.39, 0.29) is 10.7 Å². The molecule has 0 unspecified atom stereocenters. The fourth-order valence-corrected chi connectivity index (χ4v) is 1.47. The normalized spacial score (nSPS) is 10.8. The van der Waals surface area contributed by atoms with E-state index in [0.29, 0.717) is 10.1 Å². The summed E-state index contributed by atoms with van der Waals surface area (Å²) in [7, 11) is 0. The molecule has 0 spiro atoms. The molecule has 62 valence electrons. The number of halogens is 2. The Kier molecular flexibility index (Phi) is 1.69. The van der Waals surface area contributed by atoms with E-state index < -0.39 is 0 Å². The van der Waals surface area contributed by atoms with Gasteiger partial charge in [0.2, 0.25) is 0 Å². The Morgan fingerprint density at radius 3 is 3.17 bits per heavy atom. The zero-order valence-electron chi connectivity index (χ0n) is 5.71. The van der Waals surface area contributed by atoms with Gasteiger partial charge in [-0.1, -0.05) is 11.6 Å². The zero-order valence-corrected chi connectivity index (χ0v) is 8.06. The second kappa shape index (κ2) is 2.60. The Bertz CT molecular complexity index is 489. The first-order chi connectivity index (χ1) is 5.68. The Balaban J connectivity index is 3.03. The van der Waals surface area contributed by atoms with Crippen molar-refractivity contribution >= 4 is 33.2 Å². The van der Waals surface area contributed by atoms with E-state index in [4.69, 9.17) is 11.6 Å². The van der Waals surface area contributed by atoms with Crippen LogP contribution in [0.1, 0.15) is 0 Å². The third kappa shape index (κ3) is 1.05. The van der Waals surface area contributed by atoms with Gasteiger partial charge in [0, 0.05) is 12.3 Å². The van der Waals surface area contributed by atoms with E-state index in [1.807, 2.05) is 0 Å². The lowest BCUT2D eigenvalue weighted by atomic mass is 10.6. The van der Waals surface area contributed by atoms with Crippen LogP contribution in [0, 0.1) is 0 Å². The summed E-state index contributed by atoms with van der Waals surface area (Å²) in [4.78, 5) is 15.1. The van der Waals surface area contributed by atoms with Gasteiger partial charge in [-0.3, -0.25) is 9.89 Å². The second-order valence-corrected chi connectivity index (χ2v) is 3.44. The highest BCUT2D eigenvalue weighted by molar-refractivity contribution is 9.10. The van der Waals surface area contributed by atoms with Crippen LogP contribution in [0.3, 0.4) is 0 Å². The summed E-state index contributed by atoms with van der Waals surface area (Å²) in [5.41, 5.74) is 0.267. The Hall–Kier alpha value is -0.810. The van der Waals surface area contributed by atoms with E-state index in [1.54, 1.807) is 6.20 Å². The minimum atomic E-state index is -0.226. The van der Waals surface area contributed by atoms with Crippen molar-refractivity contribution in [3.63, 3.8) is 0 Å². The first kappa shape index (κ1) is 7.82. The molecule has 2 rings (SSSR count). The minimum absolute atomic E-state index is 0.195. The smallest absolute Gasteiger partial charge is 0.274 e. The van der Waals surface area contributed by atoms with Crippen molar-refractivity contribution in [3.8, 4) is 0 Å². The average molecular weight is 248 g/mol. The molecular formula is C6H3BrClN3O. The molecule has 2 aromatic heterocycles. The molecule has 0 radical (unpaired) electrons. The number of nitrogens with zero attached hydrogens (tertiary/aromatic N) is 2. The van der Waals surface area contributed by atoms with E-state index >= 15 is 0 Å². The molecule has 2 aromatic rings. The SMILES string of the molecule is O=c1cc(Cl)nc2c(Br)c[nH]n12. The highest BCUT2D eigenvalue weighted by Gasteiger charge is 2.04. The second-order valence-electron chi connectivity index (χ2n) is 2.20. The predicted octanol–water partition coefficient (Wildman–Crippen LogP) is 1.44. The van der Waals surface area contributed by atoms with Crippen LogP contribution in [-0.4, -0.2) is 14.6 Å². The molecular weight excluding hydrogens is 245 g/mol. The largest absolute Gasteiger partial charge is 0.296 e. The van der Waals surface area contributed by atoms with Gasteiger partial charge in [0.05, 0.1) is 4.47 Å². The van der Waals surface area contributed by atoms with Gasteiger partial charge in [-0.2, -0.15) is 0 Å². The molecule has 6 heteroatoms. The van der Waals surface area contributed by atoms with Crippen LogP contribution in [0.2, 0.25) is 5.15 Å². The van der Waals surface area contributed by atoms with Crippen molar-refractivity contribution in [1.29, 1.82) is 0 Å². The Labute approximate surface area is 80.3 Å². The number of H-pyrrole nitrogens is 1. The molecule has 0 aromatic carbocycles. The van der Waals surface area contributed by atoms with Gasteiger partial charge in [-0.05, 0) is 15.9 Å². The lowest BCUT2D eigenvalue weighted by Gasteiger charge is -1.91. The predicted molar refractivity (Wildman–Crippen MR) is 48.5 cm³/mol. The summed E-state index contributed by atoms with van der Waals surface area (Å²) in [6, 6.07) is 1.25. The summed E-state index contributed by atoms with van der Waals surface area (Å²) in [5, 5.41) is 2.91. The molecule has 4 nitrogen and oxygen atoms in total. The van der Waals surface area contributed by atoms with Gasteiger partial charge in [0.25, 0.3) is 5.56 Å². The van der Waals surface area contributed by atoms with Crippen molar-refractivity contribution in [2.45, 2.75) is 0 Å². The fraction of sp³-hybridized carbons (Fsp3) is 0. The maximum atomic E-state index is 11.2. The number of aromatic amines is 1. The van der Waals surface area contributed by atoms with Crippen molar-refractivity contribution in [1.82, 2.24) is 14.6 Å². The van der Waals surface area contributed by atoms with Crippen LogP contribution in [0.15, 0.2) is 21.5 Å². The first-order valence-electron chi connectivity index (χ1n) is 3.10. The molecule has 1 N–H and O–H groups in total. The van der Waals surface area contributed by atoms with Crippen molar-refractivity contribution in [2.75, 3.05) is 0 Å². The third-order valence-electron chi connectivity index (χ3n) is 1.42. The molecule has 0 aliphatic carbocycles.